The van der Waals surface area contributed by atoms with Gasteiger partial charge in [0, 0.05) is 5.56 Å². The minimum Gasteiger partial charge on any atom is -0.490 e. The van der Waals surface area contributed by atoms with Gasteiger partial charge in [0.05, 0.1) is 0 Å². The van der Waals surface area contributed by atoms with Gasteiger partial charge in [0.15, 0.2) is 5.78 Å². The van der Waals surface area contributed by atoms with E-state index in [-0.39, 0.29) is 19.0 Å². The highest BCUT2D eigenvalue weighted by atomic mass is 16.7. The van der Waals surface area contributed by atoms with Gasteiger partial charge in [-0.25, -0.2) is 4.79 Å². The van der Waals surface area contributed by atoms with Crippen LogP contribution in [0.15, 0.2) is 24.3 Å². The average Bonchev–Trinajstić information content (AvgIpc) is 2.33. The lowest BCUT2D eigenvalue weighted by Gasteiger charge is -2.15. The van der Waals surface area contributed by atoms with Gasteiger partial charge in [0.2, 0.25) is 0 Å². The van der Waals surface area contributed by atoms with E-state index in [9.17, 15) is 14.7 Å². The summed E-state index contributed by atoms with van der Waals surface area (Å²) >= 11 is 0. The summed E-state index contributed by atoms with van der Waals surface area (Å²) in [7, 11) is 0. The minimum atomic E-state index is -1.42. The summed E-state index contributed by atoms with van der Waals surface area (Å²) in [4.78, 5) is 21.8. The molecule has 0 unspecified atom stereocenters. The van der Waals surface area contributed by atoms with E-state index in [4.69, 9.17) is 9.84 Å². The van der Waals surface area contributed by atoms with Gasteiger partial charge in [-0.1, -0.05) is 0 Å². The SMILES string of the molecule is CC(C)(O)C(=O)c1ccc(OCCOC(=O)O)cc1. The van der Waals surface area contributed by atoms with E-state index < -0.39 is 11.8 Å². The molecule has 6 heteroatoms. The third-order valence-corrected chi connectivity index (χ3v) is 2.25. The molecule has 0 atom stereocenters. The van der Waals surface area contributed by atoms with Gasteiger partial charge in [-0.2, -0.15) is 0 Å². The molecule has 0 saturated heterocycles. The zero-order valence-corrected chi connectivity index (χ0v) is 10.8. The average molecular weight is 268 g/mol. The summed E-state index contributed by atoms with van der Waals surface area (Å²) in [5.74, 6) is 0.106. The number of carboxylic acid groups (broad SMARTS) is 1. The number of rotatable bonds is 6. The fourth-order valence-corrected chi connectivity index (χ4v) is 1.34. The summed E-state index contributed by atoms with van der Waals surface area (Å²) in [6, 6.07) is 6.21. The molecule has 6 nitrogen and oxygen atoms in total. The Morgan fingerprint density at radius 1 is 1.16 bits per heavy atom. The Morgan fingerprint density at radius 3 is 2.21 bits per heavy atom. The summed E-state index contributed by atoms with van der Waals surface area (Å²) < 4.78 is 9.49. The van der Waals surface area contributed by atoms with Crippen LogP contribution in [-0.4, -0.2) is 41.0 Å². The van der Waals surface area contributed by atoms with Crippen molar-refractivity contribution in [3.8, 4) is 5.75 Å². The van der Waals surface area contributed by atoms with Crippen LogP contribution >= 0.6 is 0 Å². The van der Waals surface area contributed by atoms with Gasteiger partial charge in [-0.15, -0.1) is 0 Å². The molecule has 0 aliphatic carbocycles. The van der Waals surface area contributed by atoms with Gasteiger partial charge < -0.3 is 19.7 Å². The van der Waals surface area contributed by atoms with E-state index in [2.05, 4.69) is 4.74 Å². The molecular formula is C13H16O6. The van der Waals surface area contributed by atoms with Crippen LogP contribution in [0.5, 0.6) is 5.75 Å². The zero-order chi connectivity index (χ0) is 14.5. The number of aliphatic hydroxyl groups is 1. The number of hydrogen-bond acceptors (Lipinski definition) is 5. The Labute approximate surface area is 110 Å². The molecule has 1 rings (SSSR count). The lowest BCUT2D eigenvalue weighted by molar-refractivity contribution is 0.0488. The molecular weight excluding hydrogens is 252 g/mol. The van der Waals surface area contributed by atoms with Crippen molar-refractivity contribution in [1.29, 1.82) is 0 Å². The molecule has 0 fully saturated rings. The second kappa shape index (κ2) is 6.19. The highest BCUT2D eigenvalue weighted by molar-refractivity contribution is 6.01. The Bertz CT molecular complexity index is 443. The van der Waals surface area contributed by atoms with Crippen molar-refractivity contribution in [2.45, 2.75) is 19.4 Å². The van der Waals surface area contributed by atoms with Crippen LogP contribution in [0, 0.1) is 0 Å². The standard InChI is InChI=1S/C13H16O6/c1-13(2,17)11(14)9-3-5-10(6-4-9)18-7-8-19-12(15)16/h3-6,17H,7-8H2,1-2H3,(H,15,16). The fraction of sp³-hybridized carbons (Fsp3) is 0.385. The van der Waals surface area contributed by atoms with Crippen LogP contribution in [-0.2, 0) is 4.74 Å². The largest absolute Gasteiger partial charge is 0.505 e. The molecule has 0 aliphatic rings. The van der Waals surface area contributed by atoms with Crippen LogP contribution in [0.4, 0.5) is 4.79 Å². The van der Waals surface area contributed by atoms with Gasteiger partial charge in [0.25, 0.3) is 0 Å². The first kappa shape index (κ1) is 15.0. The quantitative estimate of drug-likeness (QED) is 0.463. The number of ether oxygens (including phenoxy) is 2. The first-order valence-electron chi connectivity index (χ1n) is 5.66. The van der Waals surface area contributed by atoms with E-state index in [0.29, 0.717) is 11.3 Å². The Hall–Kier alpha value is -2.08. The molecule has 0 saturated carbocycles. The second-order valence-electron chi connectivity index (χ2n) is 4.38. The van der Waals surface area contributed by atoms with Crippen molar-refractivity contribution in [3.05, 3.63) is 29.8 Å². The van der Waals surface area contributed by atoms with E-state index >= 15 is 0 Å². The van der Waals surface area contributed by atoms with Crippen molar-refractivity contribution in [3.63, 3.8) is 0 Å². The molecule has 1 aromatic rings. The predicted octanol–water partition coefficient (Wildman–Crippen LogP) is 1.71. The number of carbonyl (C=O) groups is 2. The third-order valence-electron chi connectivity index (χ3n) is 2.25. The van der Waals surface area contributed by atoms with Gasteiger partial charge in [-0.05, 0) is 38.1 Å². The summed E-state index contributed by atoms with van der Waals surface area (Å²) in [6.07, 6.45) is -1.35. The lowest BCUT2D eigenvalue weighted by atomic mass is 9.97. The molecule has 2 N–H and O–H groups in total. The third kappa shape index (κ3) is 4.97. The number of carbonyl (C=O) groups excluding carboxylic acids is 1. The number of hydrogen-bond donors (Lipinski definition) is 2. The molecule has 0 bridgehead atoms. The summed E-state index contributed by atoms with van der Waals surface area (Å²) in [6.45, 7) is 2.86. The topological polar surface area (TPSA) is 93.1 Å². The van der Waals surface area contributed by atoms with Crippen molar-refractivity contribution < 1.29 is 29.3 Å². The molecule has 104 valence electrons. The molecule has 19 heavy (non-hydrogen) atoms. The first-order valence-corrected chi connectivity index (χ1v) is 5.66. The van der Waals surface area contributed by atoms with Crippen LogP contribution in [0.3, 0.4) is 0 Å². The number of ketones is 1. The highest BCUT2D eigenvalue weighted by Gasteiger charge is 2.24. The first-order chi connectivity index (χ1) is 8.80. The minimum absolute atomic E-state index is 0.0698. The highest BCUT2D eigenvalue weighted by Crippen LogP contribution is 2.17. The van der Waals surface area contributed by atoms with Gasteiger partial charge in [0.1, 0.15) is 24.6 Å². The monoisotopic (exact) mass is 268 g/mol. The number of Topliss-reactive ketones (excluding diaryl/α,β-unsaturated/α-hetero) is 1. The van der Waals surface area contributed by atoms with E-state index in [0.717, 1.165) is 0 Å². The Morgan fingerprint density at radius 2 is 1.74 bits per heavy atom. The van der Waals surface area contributed by atoms with Crippen LogP contribution in [0.25, 0.3) is 0 Å². The van der Waals surface area contributed by atoms with Crippen LogP contribution in [0.2, 0.25) is 0 Å². The van der Waals surface area contributed by atoms with Crippen molar-refractivity contribution in [1.82, 2.24) is 0 Å². The van der Waals surface area contributed by atoms with Crippen LogP contribution < -0.4 is 4.74 Å². The lowest BCUT2D eigenvalue weighted by Crippen LogP contribution is -2.30. The maximum absolute atomic E-state index is 11.7. The van der Waals surface area contributed by atoms with Crippen molar-refractivity contribution in [2.24, 2.45) is 0 Å². The second-order valence-corrected chi connectivity index (χ2v) is 4.38. The van der Waals surface area contributed by atoms with Crippen LogP contribution in [0.1, 0.15) is 24.2 Å². The molecule has 0 heterocycles. The fourth-order valence-electron chi connectivity index (χ4n) is 1.34. The summed E-state index contributed by atoms with van der Waals surface area (Å²) in [5.41, 5.74) is -1.04. The van der Waals surface area contributed by atoms with E-state index in [1.54, 1.807) is 12.1 Å². The molecule has 0 radical (unpaired) electrons. The predicted molar refractivity (Wildman–Crippen MR) is 66.5 cm³/mol. The number of benzene rings is 1. The Balaban J connectivity index is 2.53. The maximum atomic E-state index is 11.7. The maximum Gasteiger partial charge on any atom is 0.505 e. The molecule has 0 aromatic heterocycles. The smallest absolute Gasteiger partial charge is 0.490 e. The van der Waals surface area contributed by atoms with Crippen molar-refractivity contribution >= 4 is 11.9 Å². The normalized spacial score (nSPS) is 10.9. The molecule has 0 aliphatic heterocycles. The van der Waals surface area contributed by atoms with E-state index in [1.807, 2.05) is 0 Å². The zero-order valence-electron chi connectivity index (χ0n) is 10.8. The van der Waals surface area contributed by atoms with Gasteiger partial charge in [-0.3, -0.25) is 4.79 Å². The molecule has 1 aromatic carbocycles. The molecule has 0 spiro atoms. The summed E-state index contributed by atoms with van der Waals surface area (Å²) in [5, 5.41) is 17.8. The van der Waals surface area contributed by atoms with Crippen molar-refractivity contribution in [2.75, 3.05) is 13.2 Å². The van der Waals surface area contributed by atoms with Gasteiger partial charge >= 0.3 is 6.16 Å². The molecule has 0 amide bonds. The Kier molecular flexibility index (Phi) is 4.88. The van der Waals surface area contributed by atoms with E-state index in [1.165, 1.54) is 26.0 Å².